The maximum atomic E-state index is 11.9. The second-order valence-electron chi connectivity index (χ2n) is 4.76. The van der Waals surface area contributed by atoms with Gasteiger partial charge in [-0.05, 0) is 6.42 Å². The summed E-state index contributed by atoms with van der Waals surface area (Å²) in [6, 6.07) is 0. The number of nitrogens with zero attached hydrogens (tertiary/aromatic N) is 1. The van der Waals surface area contributed by atoms with Crippen molar-refractivity contribution in [2.45, 2.75) is 24.9 Å². The molecule has 0 amide bonds. The third-order valence-electron chi connectivity index (χ3n) is 3.17. The molecule has 0 spiro atoms. The van der Waals surface area contributed by atoms with Crippen LogP contribution in [0.15, 0.2) is 0 Å². The molecule has 1 aliphatic rings. The summed E-state index contributed by atoms with van der Waals surface area (Å²) in [6.07, 6.45) is 1.42. The van der Waals surface area contributed by atoms with E-state index in [9.17, 15) is 13.5 Å². The summed E-state index contributed by atoms with van der Waals surface area (Å²) in [5, 5.41) is 10.3. The Labute approximate surface area is 109 Å². The van der Waals surface area contributed by atoms with Crippen LogP contribution in [0.25, 0.3) is 0 Å². The zero-order chi connectivity index (χ0) is 13.6. The van der Waals surface area contributed by atoms with Crippen LogP contribution in [0.2, 0.25) is 0 Å². The van der Waals surface area contributed by atoms with Gasteiger partial charge in [0.05, 0.1) is 11.4 Å². The molecule has 1 fully saturated rings. The molecule has 18 heavy (non-hydrogen) atoms. The van der Waals surface area contributed by atoms with Crippen molar-refractivity contribution in [2.24, 2.45) is 0 Å². The van der Waals surface area contributed by atoms with Crippen LogP contribution in [-0.4, -0.2) is 69.7 Å². The SMILES string of the molecule is COCCCS(=O)(=O)N(C)CC1(O)CCOCC1. The highest BCUT2D eigenvalue weighted by atomic mass is 32.2. The molecule has 0 radical (unpaired) electrons. The van der Waals surface area contributed by atoms with Crippen molar-refractivity contribution < 1.29 is 23.0 Å². The van der Waals surface area contributed by atoms with Gasteiger partial charge in [0.1, 0.15) is 0 Å². The molecule has 0 saturated carbocycles. The van der Waals surface area contributed by atoms with Crippen LogP contribution in [0.1, 0.15) is 19.3 Å². The van der Waals surface area contributed by atoms with E-state index in [0.29, 0.717) is 39.1 Å². The quantitative estimate of drug-likeness (QED) is 0.656. The first-order chi connectivity index (χ1) is 8.40. The highest BCUT2D eigenvalue weighted by molar-refractivity contribution is 7.89. The largest absolute Gasteiger partial charge is 0.388 e. The molecule has 1 N–H and O–H groups in total. The molecule has 7 heteroatoms. The molecule has 0 bridgehead atoms. The van der Waals surface area contributed by atoms with Crippen LogP contribution in [0.5, 0.6) is 0 Å². The maximum absolute atomic E-state index is 11.9. The van der Waals surface area contributed by atoms with Gasteiger partial charge in [-0.2, -0.15) is 0 Å². The predicted molar refractivity (Wildman–Crippen MR) is 67.9 cm³/mol. The number of sulfonamides is 1. The number of hydrogen-bond acceptors (Lipinski definition) is 5. The highest BCUT2D eigenvalue weighted by Gasteiger charge is 2.34. The molecule has 1 aliphatic heterocycles. The van der Waals surface area contributed by atoms with Gasteiger partial charge in [0.15, 0.2) is 0 Å². The summed E-state index contributed by atoms with van der Waals surface area (Å²) in [7, 11) is -0.265. The smallest absolute Gasteiger partial charge is 0.214 e. The minimum atomic E-state index is -3.32. The fourth-order valence-electron chi connectivity index (χ4n) is 1.96. The molecule has 108 valence electrons. The van der Waals surface area contributed by atoms with Crippen molar-refractivity contribution in [3.05, 3.63) is 0 Å². The molecule has 0 atom stereocenters. The summed E-state index contributed by atoms with van der Waals surface area (Å²) in [5.74, 6) is 0.0456. The molecule has 1 saturated heterocycles. The van der Waals surface area contributed by atoms with E-state index in [1.807, 2.05) is 0 Å². The maximum Gasteiger partial charge on any atom is 0.214 e. The Morgan fingerprint density at radius 1 is 1.39 bits per heavy atom. The molecule has 1 rings (SSSR count). The molecular formula is C11H23NO5S. The molecule has 1 heterocycles. The van der Waals surface area contributed by atoms with Crippen molar-refractivity contribution in [3.63, 3.8) is 0 Å². The minimum absolute atomic E-state index is 0.0456. The van der Waals surface area contributed by atoms with Crippen molar-refractivity contribution in [1.82, 2.24) is 4.31 Å². The Balaban J connectivity index is 2.49. The Bertz CT molecular complexity index is 337. The number of hydrogen-bond donors (Lipinski definition) is 1. The van der Waals surface area contributed by atoms with Gasteiger partial charge in [-0.25, -0.2) is 12.7 Å². The first-order valence-electron chi connectivity index (χ1n) is 6.13. The second kappa shape index (κ2) is 6.81. The zero-order valence-corrected chi connectivity index (χ0v) is 11.9. The topological polar surface area (TPSA) is 76.1 Å². The van der Waals surface area contributed by atoms with E-state index in [0.717, 1.165) is 0 Å². The average Bonchev–Trinajstić information content (AvgIpc) is 2.29. The van der Waals surface area contributed by atoms with Crippen molar-refractivity contribution in [3.8, 4) is 0 Å². The van der Waals surface area contributed by atoms with Crippen LogP contribution in [0.4, 0.5) is 0 Å². The van der Waals surface area contributed by atoms with E-state index >= 15 is 0 Å². The first kappa shape index (κ1) is 15.8. The van der Waals surface area contributed by atoms with Gasteiger partial charge in [0, 0.05) is 53.4 Å². The fourth-order valence-corrected chi connectivity index (χ4v) is 3.20. The van der Waals surface area contributed by atoms with Gasteiger partial charge in [0.2, 0.25) is 10.0 Å². The lowest BCUT2D eigenvalue weighted by molar-refractivity contribution is -0.0689. The zero-order valence-electron chi connectivity index (χ0n) is 11.1. The highest BCUT2D eigenvalue weighted by Crippen LogP contribution is 2.22. The van der Waals surface area contributed by atoms with Crippen LogP contribution in [0, 0.1) is 0 Å². The van der Waals surface area contributed by atoms with Crippen molar-refractivity contribution in [2.75, 3.05) is 46.3 Å². The molecule has 0 aliphatic carbocycles. The van der Waals surface area contributed by atoms with Gasteiger partial charge >= 0.3 is 0 Å². The monoisotopic (exact) mass is 281 g/mol. The lowest BCUT2D eigenvalue weighted by Gasteiger charge is -2.35. The average molecular weight is 281 g/mol. The third kappa shape index (κ3) is 4.81. The summed E-state index contributed by atoms with van der Waals surface area (Å²) in [4.78, 5) is 0. The van der Waals surface area contributed by atoms with Crippen LogP contribution in [0.3, 0.4) is 0 Å². The molecule has 0 unspecified atom stereocenters. The van der Waals surface area contributed by atoms with E-state index < -0.39 is 15.6 Å². The van der Waals surface area contributed by atoms with Crippen LogP contribution < -0.4 is 0 Å². The van der Waals surface area contributed by atoms with Gasteiger partial charge in [-0.15, -0.1) is 0 Å². The van der Waals surface area contributed by atoms with Gasteiger partial charge < -0.3 is 14.6 Å². The predicted octanol–water partition coefficient (Wildman–Crippen LogP) is -0.174. The molecule has 0 aromatic carbocycles. The van der Waals surface area contributed by atoms with E-state index in [-0.39, 0.29) is 12.3 Å². The van der Waals surface area contributed by atoms with E-state index in [4.69, 9.17) is 9.47 Å². The number of methoxy groups -OCH3 is 1. The lowest BCUT2D eigenvalue weighted by Crippen LogP contribution is -2.47. The van der Waals surface area contributed by atoms with Crippen molar-refractivity contribution in [1.29, 1.82) is 0 Å². The van der Waals surface area contributed by atoms with Gasteiger partial charge in [0.25, 0.3) is 0 Å². The normalized spacial score (nSPS) is 20.2. The molecule has 0 aromatic heterocycles. The summed E-state index contributed by atoms with van der Waals surface area (Å²) in [5.41, 5.74) is -0.957. The van der Waals surface area contributed by atoms with Gasteiger partial charge in [-0.1, -0.05) is 0 Å². The van der Waals surface area contributed by atoms with Crippen molar-refractivity contribution >= 4 is 10.0 Å². The standard InChI is InChI=1S/C11H23NO5S/c1-12(18(14,15)9-3-6-16-2)10-11(13)4-7-17-8-5-11/h13H,3-10H2,1-2H3. The molecule has 0 aromatic rings. The number of likely N-dealkylation sites (N-methyl/N-ethyl adjacent to an activating group) is 1. The number of aliphatic hydroxyl groups is 1. The third-order valence-corrected chi connectivity index (χ3v) is 5.05. The Kier molecular flexibility index (Phi) is 6.00. The second-order valence-corrected chi connectivity index (χ2v) is 6.95. The van der Waals surface area contributed by atoms with Gasteiger partial charge in [-0.3, -0.25) is 0 Å². The van der Waals surface area contributed by atoms with E-state index in [1.165, 1.54) is 11.4 Å². The van der Waals surface area contributed by atoms with E-state index in [1.54, 1.807) is 7.11 Å². The minimum Gasteiger partial charge on any atom is -0.388 e. The number of rotatable bonds is 7. The van der Waals surface area contributed by atoms with Crippen LogP contribution >= 0.6 is 0 Å². The Morgan fingerprint density at radius 3 is 2.56 bits per heavy atom. The summed E-state index contributed by atoms with van der Waals surface area (Å²) in [6.45, 7) is 1.51. The van der Waals surface area contributed by atoms with Crippen LogP contribution in [-0.2, 0) is 19.5 Å². The first-order valence-corrected chi connectivity index (χ1v) is 7.74. The Hall–Kier alpha value is -0.210. The number of ether oxygens (including phenoxy) is 2. The van der Waals surface area contributed by atoms with E-state index in [2.05, 4.69) is 0 Å². The molecular weight excluding hydrogens is 258 g/mol. The fraction of sp³-hybridized carbons (Fsp3) is 1.00. The summed E-state index contributed by atoms with van der Waals surface area (Å²) < 4.78 is 35.1. The lowest BCUT2D eigenvalue weighted by atomic mass is 9.95. The summed E-state index contributed by atoms with van der Waals surface area (Å²) >= 11 is 0. The molecule has 6 nitrogen and oxygen atoms in total. The Morgan fingerprint density at radius 2 is 2.00 bits per heavy atom.